The van der Waals surface area contributed by atoms with E-state index < -0.39 is 0 Å². The first-order valence-corrected chi connectivity index (χ1v) is 6.57. The van der Waals surface area contributed by atoms with Crippen LogP contribution in [0.2, 0.25) is 0 Å². The largest absolute Gasteiger partial charge is 0.379 e. The molecule has 0 fully saturated rings. The lowest BCUT2D eigenvalue weighted by molar-refractivity contribution is 1.03. The number of anilines is 2. The van der Waals surface area contributed by atoms with Crippen molar-refractivity contribution in [1.29, 1.82) is 0 Å². The van der Waals surface area contributed by atoms with Crippen molar-refractivity contribution in [1.82, 2.24) is 4.98 Å². The van der Waals surface area contributed by atoms with Gasteiger partial charge in [0.1, 0.15) is 4.60 Å². The molecule has 94 valence electrons. The summed E-state index contributed by atoms with van der Waals surface area (Å²) in [7, 11) is 4.07. The minimum Gasteiger partial charge on any atom is -0.379 e. The molecule has 0 bridgehead atoms. The molecule has 0 aliphatic rings. The highest BCUT2D eigenvalue weighted by Gasteiger charge is 1.99. The topological polar surface area (TPSA) is 28.2 Å². The van der Waals surface area contributed by atoms with Crippen LogP contribution in [0.15, 0.2) is 47.1 Å². The summed E-state index contributed by atoms with van der Waals surface area (Å²) in [5.41, 5.74) is 3.30. The fraction of sp³-hybridized carbons (Fsp3) is 0.214. The summed E-state index contributed by atoms with van der Waals surface area (Å²) in [4.78, 5) is 6.48. The van der Waals surface area contributed by atoms with Gasteiger partial charge in [-0.2, -0.15) is 0 Å². The molecule has 0 unspecified atom stereocenters. The normalized spacial score (nSPS) is 10.2. The highest BCUT2D eigenvalue weighted by molar-refractivity contribution is 9.10. The maximum absolute atomic E-state index is 4.39. The van der Waals surface area contributed by atoms with Crippen LogP contribution < -0.4 is 10.2 Å². The van der Waals surface area contributed by atoms with Gasteiger partial charge in [0.05, 0.1) is 12.2 Å². The summed E-state index contributed by atoms with van der Waals surface area (Å²) >= 11 is 3.37. The van der Waals surface area contributed by atoms with Crippen molar-refractivity contribution in [2.75, 3.05) is 24.3 Å². The van der Waals surface area contributed by atoms with E-state index in [1.807, 2.05) is 38.4 Å². The van der Waals surface area contributed by atoms with Crippen molar-refractivity contribution in [3.05, 3.63) is 52.8 Å². The third-order valence-corrected chi connectivity index (χ3v) is 3.05. The zero-order chi connectivity index (χ0) is 13.0. The molecule has 4 heteroatoms. The minimum atomic E-state index is 0.719. The maximum atomic E-state index is 4.39. The lowest BCUT2D eigenvalue weighted by Gasteiger charge is -2.14. The predicted octanol–water partition coefficient (Wildman–Crippen LogP) is 3.52. The van der Waals surface area contributed by atoms with Gasteiger partial charge >= 0.3 is 0 Å². The average molecular weight is 306 g/mol. The number of hydrogen-bond donors (Lipinski definition) is 1. The van der Waals surface area contributed by atoms with Crippen LogP contribution in [0, 0.1) is 0 Å². The zero-order valence-electron chi connectivity index (χ0n) is 10.5. The van der Waals surface area contributed by atoms with E-state index in [4.69, 9.17) is 0 Å². The lowest BCUT2D eigenvalue weighted by atomic mass is 10.2. The molecule has 0 saturated carbocycles. The Hall–Kier alpha value is -1.55. The summed E-state index contributed by atoms with van der Waals surface area (Å²) in [6.07, 6.45) is 0. The van der Waals surface area contributed by atoms with Crippen molar-refractivity contribution in [2.24, 2.45) is 0 Å². The van der Waals surface area contributed by atoms with E-state index in [1.165, 1.54) is 5.69 Å². The van der Waals surface area contributed by atoms with Gasteiger partial charge in [0.15, 0.2) is 0 Å². The second kappa shape index (κ2) is 5.87. The molecular weight excluding hydrogens is 290 g/mol. The third-order valence-electron chi connectivity index (χ3n) is 2.61. The van der Waals surface area contributed by atoms with Crippen LogP contribution in [0.3, 0.4) is 0 Å². The Morgan fingerprint density at radius 3 is 2.67 bits per heavy atom. The monoisotopic (exact) mass is 305 g/mol. The second-order valence-electron chi connectivity index (χ2n) is 4.25. The summed E-state index contributed by atoms with van der Waals surface area (Å²) < 4.78 is 0.865. The molecular formula is C14H16BrN3. The average Bonchev–Trinajstić information content (AvgIpc) is 2.37. The molecule has 0 atom stereocenters. The van der Waals surface area contributed by atoms with Gasteiger partial charge in [-0.3, -0.25) is 0 Å². The summed E-state index contributed by atoms with van der Waals surface area (Å²) in [5, 5.41) is 3.37. The van der Waals surface area contributed by atoms with E-state index in [2.05, 4.69) is 49.3 Å². The molecule has 1 heterocycles. The van der Waals surface area contributed by atoms with E-state index in [0.29, 0.717) is 0 Å². The number of pyridine rings is 1. The maximum Gasteiger partial charge on any atom is 0.106 e. The molecule has 1 N–H and O–H groups in total. The molecule has 2 rings (SSSR count). The first kappa shape index (κ1) is 12.9. The van der Waals surface area contributed by atoms with Gasteiger partial charge in [-0.25, -0.2) is 4.98 Å². The smallest absolute Gasteiger partial charge is 0.106 e. The van der Waals surface area contributed by atoms with Crippen LogP contribution in [0.25, 0.3) is 0 Å². The molecule has 0 saturated heterocycles. The van der Waals surface area contributed by atoms with Crippen LogP contribution in [0.5, 0.6) is 0 Å². The summed E-state index contributed by atoms with van der Waals surface area (Å²) in [5.74, 6) is 0. The predicted molar refractivity (Wildman–Crippen MR) is 80.0 cm³/mol. The van der Waals surface area contributed by atoms with Gasteiger partial charge in [0, 0.05) is 25.5 Å². The van der Waals surface area contributed by atoms with E-state index in [-0.39, 0.29) is 0 Å². The van der Waals surface area contributed by atoms with Gasteiger partial charge in [-0.1, -0.05) is 12.1 Å². The number of benzene rings is 1. The first-order valence-electron chi connectivity index (χ1n) is 5.78. The number of halogens is 1. The lowest BCUT2D eigenvalue weighted by Crippen LogP contribution is -2.09. The molecule has 0 aliphatic heterocycles. The molecule has 3 nitrogen and oxygen atoms in total. The van der Waals surface area contributed by atoms with Crippen molar-refractivity contribution in [3.8, 4) is 0 Å². The standard InChI is InChI=1S/C14H16BrN3/c1-18(2)13-7-3-5-11(9-13)16-10-12-6-4-8-14(15)17-12/h3-9,16H,10H2,1-2H3. The molecule has 0 radical (unpaired) electrons. The molecule has 0 amide bonds. The summed E-state index contributed by atoms with van der Waals surface area (Å²) in [6.45, 7) is 0.719. The van der Waals surface area contributed by atoms with Gasteiger partial charge < -0.3 is 10.2 Å². The van der Waals surface area contributed by atoms with Gasteiger partial charge in [-0.05, 0) is 46.3 Å². The van der Waals surface area contributed by atoms with E-state index >= 15 is 0 Å². The fourth-order valence-electron chi connectivity index (χ4n) is 1.64. The summed E-state index contributed by atoms with van der Waals surface area (Å²) in [6, 6.07) is 14.2. The zero-order valence-corrected chi connectivity index (χ0v) is 12.1. The van der Waals surface area contributed by atoms with Crippen LogP contribution in [0.4, 0.5) is 11.4 Å². The van der Waals surface area contributed by atoms with Crippen molar-refractivity contribution in [3.63, 3.8) is 0 Å². The molecule has 0 aliphatic carbocycles. The number of nitrogens with one attached hydrogen (secondary N) is 1. The Bertz CT molecular complexity index is 526. The van der Waals surface area contributed by atoms with Crippen molar-refractivity contribution in [2.45, 2.75) is 6.54 Å². The first-order chi connectivity index (χ1) is 8.65. The Balaban J connectivity index is 2.04. The van der Waals surface area contributed by atoms with Crippen LogP contribution in [0.1, 0.15) is 5.69 Å². The second-order valence-corrected chi connectivity index (χ2v) is 5.06. The molecule has 2 aromatic rings. The highest BCUT2D eigenvalue weighted by Crippen LogP contribution is 2.18. The van der Waals surface area contributed by atoms with E-state index in [1.54, 1.807) is 0 Å². The van der Waals surface area contributed by atoms with Crippen LogP contribution >= 0.6 is 15.9 Å². The molecule has 0 spiro atoms. The molecule has 18 heavy (non-hydrogen) atoms. The highest BCUT2D eigenvalue weighted by atomic mass is 79.9. The number of rotatable bonds is 4. The van der Waals surface area contributed by atoms with Crippen LogP contribution in [-0.4, -0.2) is 19.1 Å². The number of hydrogen-bond acceptors (Lipinski definition) is 3. The van der Waals surface area contributed by atoms with Crippen molar-refractivity contribution < 1.29 is 0 Å². The Kier molecular flexibility index (Phi) is 4.20. The van der Waals surface area contributed by atoms with Gasteiger partial charge in [-0.15, -0.1) is 0 Å². The van der Waals surface area contributed by atoms with E-state index in [0.717, 1.165) is 22.5 Å². The fourth-order valence-corrected chi connectivity index (χ4v) is 2.02. The third kappa shape index (κ3) is 3.47. The Labute approximate surface area is 116 Å². The number of nitrogens with zero attached hydrogens (tertiary/aromatic N) is 2. The van der Waals surface area contributed by atoms with Crippen LogP contribution in [-0.2, 0) is 6.54 Å². The van der Waals surface area contributed by atoms with Crippen molar-refractivity contribution >= 4 is 27.3 Å². The minimum absolute atomic E-state index is 0.719. The van der Waals surface area contributed by atoms with Gasteiger partial charge in [0.25, 0.3) is 0 Å². The quantitative estimate of drug-likeness (QED) is 0.876. The number of aromatic nitrogens is 1. The molecule has 1 aromatic carbocycles. The SMILES string of the molecule is CN(C)c1cccc(NCc2cccc(Br)n2)c1. The van der Waals surface area contributed by atoms with E-state index in [9.17, 15) is 0 Å². The Morgan fingerprint density at radius 1 is 1.17 bits per heavy atom. The Morgan fingerprint density at radius 2 is 1.94 bits per heavy atom. The van der Waals surface area contributed by atoms with Gasteiger partial charge in [0.2, 0.25) is 0 Å². The molecule has 1 aromatic heterocycles.